The topological polar surface area (TPSA) is 3.24 Å². The Kier molecular flexibility index (Phi) is 5.44. The second kappa shape index (κ2) is 6.63. The predicted octanol–water partition coefficient (Wildman–Crippen LogP) is 5.94. The summed E-state index contributed by atoms with van der Waals surface area (Å²) in [5.74, 6) is 0. The molecule has 102 valence electrons. The van der Waals surface area contributed by atoms with Crippen molar-refractivity contribution in [1.29, 1.82) is 0 Å². The molecule has 0 saturated carbocycles. The van der Waals surface area contributed by atoms with E-state index in [1.165, 1.54) is 11.1 Å². The van der Waals surface area contributed by atoms with Crippen molar-refractivity contribution in [3.05, 3.63) is 59.4 Å². The summed E-state index contributed by atoms with van der Waals surface area (Å²) >= 11 is 6.05. The van der Waals surface area contributed by atoms with Crippen LogP contribution < -0.4 is 0 Å². The third kappa shape index (κ3) is 3.10. The lowest BCUT2D eigenvalue weighted by atomic mass is 9.95. The molecule has 1 aromatic rings. The largest absolute Gasteiger partial charge is 0.321 e. The van der Waals surface area contributed by atoms with E-state index in [0.29, 0.717) is 0 Å². The molecule has 2 rings (SSSR count). The fraction of sp³-hybridized carbons (Fsp3) is 0.294. The molecule has 0 unspecified atom stereocenters. The number of fused-ring (bicyclic) bond motifs is 1. The highest BCUT2D eigenvalue weighted by Gasteiger charge is 2.19. The van der Waals surface area contributed by atoms with Gasteiger partial charge in [-0.15, -0.1) is 0 Å². The predicted molar refractivity (Wildman–Crippen MR) is 86.8 cm³/mol. The molecule has 0 spiro atoms. The van der Waals surface area contributed by atoms with Crippen LogP contribution in [0.15, 0.2) is 43.3 Å². The lowest BCUT2D eigenvalue weighted by Gasteiger charge is -2.31. The third-order valence-electron chi connectivity index (χ3n) is 3.08. The summed E-state index contributed by atoms with van der Waals surface area (Å²) in [5.41, 5.74) is 5.48. The molecule has 1 aliphatic rings. The molecule has 1 aliphatic heterocycles. The molecule has 0 radical (unpaired) electrons. The first kappa shape index (κ1) is 15.6. The molecule has 2 heteroatoms. The normalized spacial score (nSPS) is 13.2. The van der Waals surface area contributed by atoms with Gasteiger partial charge in [0.15, 0.2) is 0 Å². The zero-order valence-corrected chi connectivity index (χ0v) is 13.0. The van der Waals surface area contributed by atoms with Crippen LogP contribution >= 0.6 is 11.6 Å². The van der Waals surface area contributed by atoms with E-state index in [-0.39, 0.29) is 0 Å². The number of hydrogen-bond acceptors (Lipinski definition) is 1. The molecule has 1 aromatic carbocycles. The third-order valence-corrected chi connectivity index (χ3v) is 3.31. The first-order chi connectivity index (χ1) is 9.04. The maximum atomic E-state index is 6.05. The first-order valence-electron chi connectivity index (χ1n) is 6.69. The zero-order chi connectivity index (χ0) is 14.6. The molecule has 0 atom stereocenters. The van der Waals surface area contributed by atoms with Gasteiger partial charge in [0.05, 0.1) is 0 Å². The summed E-state index contributed by atoms with van der Waals surface area (Å²) in [6.45, 7) is 16.4. The molecule has 0 amide bonds. The summed E-state index contributed by atoms with van der Waals surface area (Å²) < 4.78 is 0. The molecule has 1 heterocycles. The smallest absolute Gasteiger partial charge is 0.0459 e. The number of benzene rings is 1. The average Bonchev–Trinajstić information content (AvgIpc) is 2.44. The molecule has 0 N–H and O–H groups in total. The van der Waals surface area contributed by atoms with Crippen LogP contribution in [0.4, 0.5) is 0 Å². The number of allylic oxidation sites excluding steroid dienone is 2. The quantitative estimate of drug-likeness (QED) is 0.646. The summed E-state index contributed by atoms with van der Waals surface area (Å²) in [6, 6.07) is 5.92. The molecule has 19 heavy (non-hydrogen) atoms. The van der Waals surface area contributed by atoms with Crippen LogP contribution in [0.1, 0.15) is 45.2 Å². The second-order valence-corrected chi connectivity index (χ2v) is 4.67. The molecule has 0 saturated heterocycles. The van der Waals surface area contributed by atoms with Gasteiger partial charge in [-0.2, -0.15) is 0 Å². The highest BCUT2D eigenvalue weighted by Crippen LogP contribution is 2.36. The molecule has 0 bridgehead atoms. The van der Waals surface area contributed by atoms with E-state index in [1.807, 2.05) is 36.9 Å². The Morgan fingerprint density at radius 1 is 1.26 bits per heavy atom. The zero-order valence-electron chi connectivity index (χ0n) is 12.3. The Balaban J connectivity index is 0.000000861. The maximum absolute atomic E-state index is 6.05. The van der Waals surface area contributed by atoms with Gasteiger partial charge in [-0.1, -0.05) is 51.6 Å². The van der Waals surface area contributed by atoms with Crippen molar-refractivity contribution in [2.24, 2.45) is 0 Å². The minimum atomic E-state index is 0.738. The molecule has 0 aromatic heterocycles. The Morgan fingerprint density at radius 3 is 2.47 bits per heavy atom. The van der Waals surface area contributed by atoms with E-state index >= 15 is 0 Å². The van der Waals surface area contributed by atoms with Crippen molar-refractivity contribution >= 4 is 22.9 Å². The summed E-state index contributed by atoms with van der Waals surface area (Å²) in [6.07, 6.45) is 2.99. The van der Waals surface area contributed by atoms with Crippen molar-refractivity contribution < 1.29 is 0 Å². The van der Waals surface area contributed by atoms with Crippen molar-refractivity contribution in [2.75, 3.05) is 0 Å². The number of nitrogens with zero attached hydrogens (tertiary/aromatic N) is 1. The van der Waals surface area contributed by atoms with E-state index in [1.54, 1.807) is 0 Å². The average molecular weight is 276 g/mol. The Hall–Kier alpha value is -1.47. The van der Waals surface area contributed by atoms with Gasteiger partial charge >= 0.3 is 0 Å². The lowest BCUT2D eigenvalue weighted by molar-refractivity contribution is 0.628. The van der Waals surface area contributed by atoms with Crippen LogP contribution in [0, 0.1) is 0 Å². The highest BCUT2D eigenvalue weighted by molar-refractivity contribution is 6.30. The van der Waals surface area contributed by atoms with Crippen LogP contribution in [0.3, 0.4) is 0 Å². The highest BCUT2D eigenvalue weighted by atomic mass is 35.5. The Labute approximate surface area is 121 Å². The van der Waals surface area contributed by atoms with Gasteiger partial charge in [0.25, 0.3) is 0 Å². The van der Waals surface area contributed by atoms with E-state index in [9.17, 15) is 0 Å². The fourth-order valence-corrected chi connectivity index (χ4v) is 2.19. The van der Waals surface area contributed by atoms with E-state index < -0.39 is 0 Å². The fourth-order valence-electron chi connectivity index (χ4n) is 2.02. The van der Waals surface area contributed by atoms with Crippen LogP contribution in [0.25, 0.3) is 11.3 Å². The van der Waals surface area contributed by atoms with Gasteiger partial charge in [0.1, 0.15) is 0 Å². The molecular weight excluding hydrogens is 254 g/mol. The SMILES string of the molecule is C=C(CC)N1C=C(C)c2ccc(Cl)cc2C1=C.CC. The minimum Gasteiger partial charge on any atom is -0.321 e. The first-order valence-corrected chi connectivity index (χ1v) is 7.07. The van der Waals surface area contributed by atoms with E-state index in [2.05, 4.69) is 33.2 Å². The van der Waals surface area contributed by atoms with E-state index in [4.69, 9.17) is 11.6 Å². The molecular formula is C17H22ClN. The molecule has 0 fully saturated rings. The number of rotatable bonds is 2. The lowest BCUT2D eigenvalue weighted by Crippen LogP contribution is -2.18. The standard InChI is InChI=1S/C15H16ClN.C2H6/c1-5-11(3)17-9-10(2)14-7-6-13(16)8-15(14)12(17)4;1-2/h6-9H,3-5H2,1-2H3;1-2H3. The minimum absolute atomic E-state index is 0.738. The van der Waals surface area contributed by atoms with E-state index in [0.717, 1.165) is 28.4 Å². The van der Waals surface area contributed by atoms with Gasteiger partial charge in [-0.05, 0) is 36.6 Å². The number of hydrogen-bond donors (Lipinski definition) is 0. The summed E-state index contributed by atoms with van der Waals surface area (Å²) in [4.78, 5) is 2.05. The number of halogens is 1. The van der Waals surface area contributed by atoms with Crippen molar-refractivity contribution in [1.82, 2.24) is 4.90 Å². The van der Waals surface area contributed by atoms with Crippen molar-refractivity contribution in [3.63, 3.8) is 0 Å². The van der Waals surface area contributed by atoms with Gasteiger partial charge in [-0.25, -0.2) is 0 Å². The Bertz CT molecular complexity index is 526. The van der Waals surface area contributed by atoms with Crippen molar-refractivity contribution in [3.8, 4) is 0 Å². The Morgan fingerprint density at radius 2 is 1.89 bits per heavy atom. The maximum Gasteiger partial charge on any atom is 0.0459 e. The summed E-state index contributed by atoms with van der Waals surface area (Å²) in [7, 11) is 0. The molecule has 0 aliphatic carbocycles. The van der Waals surface area contributed by atoms with Crippen LogP contribution in [-0.2, 0) is 0 Å². The van der Waals surface area contributed by atoms with Crippen LogP contribution in [0.5, 0.6) is 0 Å². The van der Waals surface area contributed by atoms with Gasteiger partial charge < -0.3 is 4.90 Å². The van der Waals surface area contributed by atoms with Crippen molar-refractivity contribution in [2.45, 2.75) is 34.1 Å². The van der Waals surface area contributed by atoms with Gasteiger partial charge in [0.2, 0.25) is 0 Å². The van der Waals surface area contributed by atoms with Gasteiger partial charge in [0, 0.05) is 28.2 Å². The van der Waals surface area contributed by atoms with Crippen LogP contribution in [0.2, 0.25) is 5.02 Å². The molecule has 1 nitrogen and oxygen atoms in total. The summed E-state index contributed by atoms with van der Waals surface area (Å²) in [5, 5.41) is 0.738. The van der Waals surface area contributed by atoms with Crippen LogP contribution in [-0.4, -0.2) is 4.90 Å². The second-order valence-electron chi connectivity index (χ2n) is 4.24. The van der Waals surface area contributed by atoms with Gasteiger partial charge in [-0.3, -0.25) is 0 Å². The monoisotopic (exact) mass is 275 g/mol.